The first-order chi connectivity index (χ1) is 17.4. The van der Waals surface area contributed by atoms with Gasteiger partial charge >= 0.3 is 12.1 Å². The molecule has 0 amide bonds. The number of nitrogens with zero attached hydrogens (tertiary/aromatic N) is 2. The maximum Gasteiger partial charge on any atom is 0.420 e. The zero-order valence-electron chi connectivity index (χ0n) is 20.6. The molecular weight excluding hydrogens is 542 g/mol. The minimum atomic E-state index is -5.04. The van der Waals surface area contributed by atoms with Crippen molar-refractivity contribution in [3.8, 4) is 5.75 Å². The first kappa shape index (κ1) is 29.6. The minimum Gasteiger partial charge on any atom is -0.492 e. The molecule has 2 aromatic rings. The number of hydrogen-bond acceptors (Lipinski definition) is 5. The summed E-state index contributed by atoms with van der Waals surface area (Å²) in [6.07, 6.45) is -8.75. The van der Waals surface area contributed by atoms with Crippen LogP contribution in [-0.4, -0.2) is 56.5 Å². The fourth-order valence-corrected chi connectivity index (χ4v) is 5.42. The van der Waals surface area contributed by atoms with Gasteiger partial charge in [-0.25, -0.2) is 21.6 Å². The van der Waals surface area contributed by atoms with Crippen LogP contribution in [0.4, 0.5) is 37.7 Å². The molecule has 210 valence electrons. The van der Waals surface area contributed by atoms with Gasteiger partial charge < -0.3 is 14.7 Å². The maximum absolute atomic E-state index is 14.1. The van der Waals surface area contributed by atoms with Crippen LogP contribution in [0.2, 0.25) is 0 Å². The molecule has 1 aliphatic heterocycles. The molecule has 38 heavy (non-hydrogen) atoms. The number of fused-ring (bicyclic) bond motifs is 1. The Morgan fingerprint density at radius 2 is 1.76 bits per heavy atom. The largest absolute Gasteiger partial charge is 0.492 e. The average Bonchev–Trinajstić information content (AvgIpc) is 2.89. The Morgan fingerprint density at radius 1 is 1.16 bits per heavy atom. The number of aliphatic carboxylic acids is 1. The van der Waals surface area contributed by atoms with Gasteiger partial charge in [0.2, 0.25) is 16.4 Å². The molecule has 3 rings (SSSR count). The molecular formula is C24H26F6N2O5S. The van der Waals surface area contributed by atoms with Crippen LogP contribution in [0.3, 0.4) is 0 Å². The minimum absolute atomic E-state index is 0.133. The van der Waals surface area contributed by atoms with Crippen LogP contribution in [0.5, 0.6) is 5.75 Å². The van der Waals surface area contributed by atoms with Crippen molar-refractivity contribution in [3.63, 3.8) is 0 Å². The molecule has 14 heteroatoms. The van der Waals surface area contributed by atoms with Gasteiger partial charge in [0.1, 0.15) is 23.1 Å². The number of benzene rings is 2. The van der Waals surface area contributed by atoms with Gasteiger partial charge in [-0.05, 0) is 50.6 Å². The average molecular weight is 569 g/mol. The molecule has 0 spiro atoms. The summed E-state index contributed by atoms with van der Waals surface area (Å²) in [6, 6.07) is 4.67. The van der Waals surface area contributed by atoms with Crippen molar-refractivity contribution in [1.82, 2.24) is 4.31 Å². The van der Waals surface area contributed by atoms with Crippen molar-refractivity contribution in [1.29, 1.82) is 0 Å². The zero-order valence-corrected chi connectivity index (χ0v) is 21.4. The highest BCUT2D eigenvalue weighted by molar-refractivity contribution is 7.89. The van der Waals surface area contributed by atoms with Gasteiger partial charge in [-0.1, -0.05) is 0 Å². The zero-order chi connectivity index (χ0) is 28.6. The summed E-state index contributed by atoms with van der Waals surface area (Å²) in [5.74, 6) is -2.91. The first-order valence-corrected chi connectivity index (χ1v) is 12.8. The van der Waals surface area contributed by atoms with E-state index < -0.39 is 80.8 Å². The van der Waals surface area contributed by atoms with E-state index in [1.54, 1.807) is 0 Å². The molecule has 0 aromatic heterocycles. The van der Waals surface area contributed by atoms with Crippen LogP contribution in [0, 0.1) is 11.2 Å². The number of carbonyl (C=O) groups is 1. The van der Waals surface area contributed by atoms with Crippen LogP contribution >= 0.6 is 0 Å². The topological polar surface area (TPSA) is 87.2 Å². The van der Waals surface area contributed by atoms with Crippen molar-refractivity contribution in [2.45, 2.75) is 50.2 Å². The van der Waals surface area contributed by atoms with Gasteiger partial charge in [-0.2, -0.15) is 17.5 Å². The summed E-state index contributed by atoms with van der Waals surface area (Å²) in [5, 5.41) is 9.30. The van der Waals surface area contributed by atoms with Gasteiger partial charge in [0, 0.05) is 37.8 Å². The summed E-state index contributed by atoms with van der Waals surface area (Å²) in [6.45, 7) is 1.43. The van der Waals surface area contributed by atoms with Gasteiger partial charge in [0.15, 0.2) is 0 Å². The van der Waals surface area contributed by atoms with Gasteiger partial charge in [-0.3, -0.25) is 4.79 Å². The molecule has 0 aliphatic carbocycles. The van der Waals surface area contributed by atoms with E-state index >= 15 is 0 Å². The van der Waals surface area contributed by atoms with E-state index in [1.807, 2.05) is 0 Å². The predicted molar refractivity (Wildman–Crippen MR) is 126 cm³/mol. The number of halogens is 6. The lowest BCUT2D eigenvalue weighted by Gasteiger charge is -2.30. The van der Waals surface area contributed by atoms with Crippen LogP contribution in [0.1, 0.15) is 32.3 Å². The quantitative estimate of drug-likeness (QED) is 0.422. The second-order valence-corrected chi connectivity index (χ2v) is 11.5. The van der Waals surface area contributed by atoms with Crippen molar-refractivity contribution in [3.05, 3.63) is 47.8 Å². The number of carboxylic acid groups (broad SMARTS) is 1. The number of hydrogen-bond donors (Lipinski definition) is 1. The summed E-state index contributed by atoms with van der Waals surface area (Å²) >= 11 is 0. The van der Waals surface area contributed by atoms with E-state index in [0.717, 1.165) is 23.5 Å². The lowest BCUT2D eigenvalue weighted by Crippen LogP contribution is -2.41. The molecule has 0 unspecified atom stereocenters. The normalized spacial score (nSPS) is 18.3. The lowest BCUT2D eigenvalue weighted by molar-refractivity contribution is -0.148. The molecule has 2 aromatic carbocycles. The number of likely N-dealkylation sites (N-methyl/N-ethyl adjacent to an activating group) is 1. The van der Waals surface area contributed by atoms with Gasteiger partial charge in [0.05, 0.1) is 16.7 Å². The lowest BCUT2D eigenvalue weighted by atomic mass is 9.95. The Hall–Kier alpha value is -3.00. The van der Waals surface area contributed by atoms with Crippen molar-refractivity contribution >= 4 is 27.4 Å². The summed E-state index contributed by atoms with van der Waals surface area (Å²) in [5.41, 5.74) is -3.26. The Labute approximate surface area is 215 Å². The van der Waals surface area contributed by atoms with E-state index in [1.165, 1.54) is 30.9 Å². The molecule has 0 saturated heterocycles. The molecule has 1 aliphatic rings. The second kappa shape index (κ2) is 10.6. The fraction of sp³-hybridized carbons (Fsp3) is 0.458. The highest BCUT2D eigenvalue weighted by atomic mass is 32.2. The first-order valence-electron chi connectivity index (χ1n) is 11.4. The second-order valence-electron chi connectivity index (χ2n) is 9.52. The molecule has 0 saturated carbocycles. The van der Waals surface area contributed by atoms with E-state index in [9.17, 15) is 44.7 Å². The highest BCUT2D eigenvalue weighted by Crippen LogP contribution is 2.46. The molecule has 7 nitrogen and oxygen atoms in total. The van der Waals surface area contributed by atoms with E-state index in [4.69, 9.17) is 4.74 Å². The van der Waals surface area contributed by atoms with E-state index in [-0.39, 0.29) is 18.7 Å². The van der Waals surface area contributed by atoms with Crippen molar-refractivity contribution in [2.24, 2.45) is 5.41 Å². The standard InChI is InChI=1S/C24H26F6N2O5S/c1-23(2,22(33)34)13-37-19-11-20-18(10-17(19)24(28,29)30)32(15-6-4-14(25)5-7-15)12-16(8-9-21(26)27)31(3)38(20,35)36/h4-7,10-11,16,21H,8-9,12-13H2,1-3H3,(H,33,34)/t16-/m1/s1. The summed E-state index contributed by atoms with van der Waals surface area (Å²) in [7, 11) is -3.42. The van der Waals surface area contributed by atoms with E-state index in [0.29, 0.717) is 12.1 Å². The number of alkyl halides is 5. The van der Waals surface area contributed by atoms with Crippen LogP contribution < -0.4 is 9.64 Å². The third-order valence-corrected chi connectivity index (χ3v) is 8.19. The van der Waals surface area contributed by atoms with Crippen molar-refractivity contribution in [2.75, 3.05) is 25.1 Å². The highest BCUT2D eigenvalue weighted by Gasteiger charge is 2.42. The van der Waals surface area contributed by atoms with Crippen LogP contribution in [0.25, 0.3) is 0 Å². The Balaban J connectivity index is 2.26. The predicted octanol–water partition coefficient (Wildman–Crippen LogP) is 5.52. The molecule has 1 N–H and O–H groups in total. The maximum atomic E-state index is 14.1. The molecule has 1 heterocycles. The number of anilines is 2. The molecule has 0 bridgehead atoms. The van der Waals surface area contributed by atoms with Crippen molar-refractivity contribution < 1.29 is 49.4 Å². The van der Waals surface area contributed by atoms with Gasteiger partial charge in [-0.15, -0.1) is 0 Å². The van der Waals surface area contributed by atoms with E-state index in [2.05, 4.69) is 0 Å². The number of ether oxygens (including phenoxy) is 1. The fourth-order valence-electron chi connectivity index (χ4n) is 3.86. The third kappa shape index (κ3) is 6.17. The number of rotatable bonds is 8. The Bertz CT molecular complexity index is 1280. The Morgan fingerprint density at radius 3 is 2.29 bits per heavy atom. The molecule has 1 atom stereocenters. The Kier molecular flexibility index (Phi) is 8.27. The number of carboxylic acids is 1. The molecule has 0 fully saturated rings. The third-order valence-electron chi connectivity index (χ3n) is 6.25. The van der Waals surface area contributed by atoms with Crippen LogP contribution in [0.15, 0.2) is 41.3 Å². The smallest absolute Gasteiger partial charge is 0.420 e. The SMILES string of the molecule is CN1[C@H](CCC(F)F)CN(c2ccc(F)cc2)c2cc(C(F)(F)F)c(OCC(C)(C)C(=O)O)cc2S1(=O)=O. The summed E-state index contributed by atoms with van der Waals surface area (Å²) in [4.78, 5) is 12.0. The molecule has 0 radical (unpaired) electrons. The van der Waals surface area contributed by atoms with Crippen LogP contribution in [-0.2, 0) is 21.0 Å². The number of sulfonamides is 1. The summed E-state index contributed by atoms with van der Waals surface area (Å²) < 4.78 is 115. The monoisotopic (exact) mass is 568 g/mol. The van der Waals surface area contributed by atoms with Gasteiger partial charge in [0.25, 0.3) is 0 Å².